The highest BCUT2D eigenvalue weighted by Crippen LogP contribution is 2.28. The molecule has 1 aliphatic heterocycles. The molecule has 1 aliphatic rings. The Morgan fingerprint density at radius 3 is 2.78 bits per heavy atom. The molecule has 1 aromatic heterocycles. The Morgan fingerprint density at radius 2 is 2.00 bits per heavy atom. The summed E-state index contributed by atoms with van der Waals surface area (Å²) in [4.78, 5) is 10.9. The van der Waals surface area contributed by atoms with Crippen LogP contribution in [0.4, 0.5) is 5.82 Å². The molecule has 1 saturated heterocycles. The number of hydrogen-bond donors (Lipinski definition) is 0. The number of nitrogens with zero attached hydrogens (tertiary/aromatic N) is 3. The van der Waals surface area contributed by atoms with E-state index in [1.807, 2.05) is 12.1 Å². The molecule has 4 nitrogen and oxygen atoms in total. The molecule has 0 aliphatic carbocycles. The van der Waals surface area contributed by atoms with E-state index < -0.39 is 0 Å². The van der Waals surface area contributed by atoms with Crippen LogP contribution in [0.1, 0.15) is 5.56 Å². The number of aryl methyl sites for hydroxylation is 1. The lowest BCUT2D eigenvalue weighted by atomic mass is 10.1. The number of fused-ring (bicyclic) bond motifs is 1. The van der Waals surface area contributed by atoms with Gasteiger partial charge in [-0.15, -0.1) is 0 Å². The number of anilines is 1. The van der Waals surface area contributed by atoms with Gasteiger partial charge in [0, 0.05) is 18.5 Å². The third-order valence-corrected chi connectivity index (χ3v) is 3.36. The van der Waals surface area contributed by atoms with Crippen LogP contribution in [0, 0.1) is 6.92 Å². The van der Waals surface area contributed by atoms with E-state index in [1.54, 1.807) is 0 Å². The highest BCUT2D eigenvalue weighted by molar-refractivity contribution is 6.28. The zero-order valence-electron chi connectivity index (χ0n) is 10.2. The Labute approximate surface area is 111 Å². The van der Waals surface area contributed by atoms with Crippen LogP contribution in [0.2, 0.25) is 5.28 Å². The molecule has 18 heavy (non-hydrogen) atoms. The monoisotopic (exact) mass is 263 g/mol. The summed E-state index contributed by atoms with van der Waals surface area (Å²) in [5.74, 6) is 0.923. The van der Waals surface area contributed by atoms with Gasteiger partial charge in [0.2, 0.25) is 5.28 Å². The molecule has 0 bridgehead atoms. The van der Waals surface area contributed by atoms with Gasteiger partial charge in [-0.2, -0.15) is 4.98 Å². The molecule has 0 amide bonds. The molecule has 0 unspecified atom stereocenters. The molecule has 2 aromatic rings. The number of benzene rings is 1. The van der Waals surface area contributed by atoms with Gasteiger partial charge < -0.3 is 9.64 Å². The van der Waals surface area contributed by atoms with E-state index in [9.17, 15) is 0 Å². The van der Waals surface area contributed by atoms with Gasteiger partial charge in [-0.05, 0) is 30.2 Å². The third kappa shape index (κ3) is 2.02. The molecular formula is C13H14ClN3O. The molecule has 1 fully saturated rings. The summed E-state index contributed by atoms with van der Waals surface area (Å²) in [5, 5.41) is 1.39. The van der Waals surface area contributed by atoms with Gasteiger partial charge in [0.15, 0.2) is 0 Å². The van der Waals surface area contributed by atoms with Crippen LogP contribution in [0.15, 0.2) is 18.2 Å². The van der Waals surface area contributed by atoms with Crippen molar-refractivity contribution in [3.05, 3.63) is 29.0 Å². The van der Waals surface area contributed by atoms with Gasteiger partial charge in [0.1, 0.15) is 5.82 Å². The molecule has 0 saturated carbocycles. The lowest BCUT2D eigenvalue weighted by Crippen LogP contribution is -2.37. The highest BCUT2D eigenvalue weighted by atomic mass is 35.5. The van der Waals surface area contributed by atoms with Crippen LogP contribution < -0.4 is 4.90 Å². The lowest BCUT2D eigenvalue weighted by molar-refractivity contribution is 0.122. The van der Waals surface area contributed by atoms with Crippen molar-refractivity contribution in [2.75, 3.05) is 31.2 Å². The minimum Gasteiger partial charge on any atom is -0.378 e. The molecule has 0 radical (unpaired) electrons. The molecule has 2 heterocycles. The average molecular weight is 264 g/mol. The van der Waals surface area contributed by atoms with Crippen molar-refractivity contribution in [2.24, 2.45) is 0 Å². The van der Waals surface area contributed by atoms with E-state index in [2.05, 4.69) is 27.9 Å². The maximum Gasteiger partial charge on any atom is 0.224 e. The van der Waals surface area contributed by atoms with E-state index in [4.69, 9.17) is 16.3 Å². The second-order valence-electron chi connectivity index (χ2n) is 4.38. The highest BCUT2D eigenvalue weighted by Gasteiger charge is 2.17. The van der Waals surface area contributed by atoms with Crippen LogP contribution in [-0.4, -0.2) is 36.3 Å². The number of rotatable bonds is 1. The summed E-state index contributed by atoms with van der Waals surface area (Å²) in [6, 6.07) is 6.04. The molecule has 0 spiro atoms. The van der Waals surface area contributed by atoms with Crippen LogP contribution in [0.5, 0.6) is 0 Å². The quantitative estimate of drug-likeness (QED) is 0.741. The number of aromatic nitrogens is 2. The molecular weight excluding hydrogens is 250 g/mol. The average Bonchev–Trinajstić information content (AvgIpc) is 2.39. The second-order valence-corrected chi connectivity index (χ2v) is 4.72. The van der Waals surface area contributed by atoms with Gasteiger partial charge in [-0.1, -0.05) is 12.1 Å². The van der Waals surface area contributed by atoms with Crippen molar-refractivity contribution in [1.82, 2.24) is 9.97 Å². The van der Waals surface area contributed by atoms with E-state index >= 15 is 0 Å². The fourth-order valence-electron chi connectivity index (χ4n) is 2.31. The number of morpholine rings is 1. The minimum absolute atomic E-state index is 0.301. The first-order chi connectivity index (χ1) is 8.75. The Hall–Kier alpha value is -1.39. The normalized spacial score (nSPS) is 16.2. The minimum atomic E-state index is 0.301. The Bertz CT molecular complexity index is 582. The Balaban J connectivity index is 2.19. The van der Waals surface area contributed by atoms with Crippen LogP contribution >= 0.6 is 11.6 Å². The lowest BCUT2D eigenvalue weighted by Gasteiger charge is -2.29. The van der Waals surface area contributed by atoms with Crippen LogP contribution in [0.25, 0.3) is 10.9 Å². The second kappa shape index (κ2) is 4.71. The zero-order chi connectivity index (χ0) is 12.5. The van der Waals surface area contributed by atoms with Crippen molar-refractivity contribution < 1.29 is 4.74 Å². The van der Waals surface area contributed by atoms with Gasteiger partial charge in [0.05, 0.1) is 18.7 Å². The summed E-state index contributed by atoms with van der Waals surface area (Å²) in [6.07, 6.45) is 0. The topological polar surface area (TPSA) is 38.2 Å². The predicted octanol–water partition coefficient (Wildman–Crippen LogP) is 2.43. The van der Waals surface area contributed by atoms with E-state index in [-0.39, 0.29) is 0 Å². The summed E-state index contributed by atoms with van der Waals surface area (Å²) in [7, 11) is 0. The van der Waals surface area contributed by atoms with Gasteiger partial charge >= 0.3 is 0 Å². The first-order valence-electron chi connectivity index (χ1n) is 6.01. The number of halogens is 1. The van der Waals surface area contributed by atoms with E-state index in [0.717, 1.165) is 43.0 Å². The third-order valence-electron chi connectivity index (χ3n) is 3.20. The maximum atomic E-state index is 6.02. The van der Waals surface area contributed by atoms with E-state index in [0.29, 0.717) is 5.28 Å². The summed E-state index contributed by atoms with van der Waals surface area (Å²) < 4.78 is 5.38. The van der Waals surface area contributed by atoms with Gasteiger partial charge in [-0.25, -0.2) is 4.98 Å². The molecule has 0 atom stereocenters. The van der Waals surface area contributed by atoms with Crippen molar-refractivity contribution in [1.29, 1.82) is 0 Å². The predicted molar refractivity (Wildman–Crippen MR) is 72.3 cm³/mol. The largest absolute Gasteiger partial charge is 0.378 e. The first kappa shape index (κ1) is 11.7. The van der Waals surface area contributed by atoms with Gasteiger partial charge in [-0.3, -0.25) is 0 Å². The van der Waals surface area contributed by atoms with Crippen molar-refractivity contribution in [3.8, 4) is 0 Å². The molecule has 5 heteroatoms. The molecule has 94 valence electrons. The molecule has 1 aromatic carbocycles. The van der Waals surface area contributed by atoms with E-state index in [1.165, 1.54) is 5.56 Å². The number of hydrogen-bond acceptors (Lipinski definition) is 4. The summed E-state index contributed by atoms with van der Waals surface area (Å²) >= 11 is 6.02. The smallest absolute Gasteiger partial charge is 0.224 e. The zero-order valence-corrected chi connectivity index (χ0v) is 10.9. The standard InChI is InChI=1S/C13H14ClN3O/c1-9-3-2-4-10-11(9)12(16-13(14)15-10)17-5-7-18-8-6-17/h2-4H,5-8H2,1H3. The summed E-state index contributed by atoms with van der Waals surface area (Å²) in [6.45, 7) is 5.22. The van der Waals surface area contributed by atoms with Crippen molar-refractivity contribution in [2.45, 2.75) is 6.92 Å². The van der Waals surface area contributed by atoms with Crippen molar-refractivity contribution >= 4 is 28.3 Å². The van der Waals surface area contributed by atoms with Crippen LogP contribution in [0.3, 0.4) is 0 Å². The fourth-order valence-corrected chi connectivity index (χ4v) is 2.48. The molecule has 0 N–H and O–H groups in total. The maximum absolute atomic E-state index is 6.02. The molecule has 3 rings (SSSR count). The number of ether oxygens (including phenoxy) is 1. The Morgan fingerprint density at radius 1 is 1.22 bits per heavy atom. The van der Waals surface area contributed by atoms with Crippen molar-refractivity contribution in [3.63, 3.8) is 0 Å². The fraction of sp³-hybridized carbons (Fsp3) is 0.385. The van der Waals surface area contributed by atoms with Crippen LogP contribution in [-0.2, 0) is 4.74 Å². The SMILES string of the molecule is Cc1cccc2nc(Cl)nc(N3CCOCC3)c12. The summed E-state index contributed by atoms with van der Waals surface area (Å²) in [5.41, 5.74) is 2.07. The Kier molecular flexibility index (Phi) is 3.06. The first-order valence-corrected chi connectivity index (χ1v) is 6.39. The van der Waals surface area contributed by atoms with Gasteiger partial charge in [0.25, 0.3) is 0 Å².